The van der Waals surface area contributed by atoms with Crippen LogP contribution in [0.1, 0.15) is 0 Å². The summed E-state index contributed by atoms with van der Waals surface area (Å²) < 4.78 is 5.36. The predicted molar refractivity (Wildman–Crippen MR) is 95.6 cm³/mol. The number of aromatic amines is 1. The lowest BCUT2D eigenvalue weighted by atomic mass is 10.0. The minimum absolute atomic E-state index is 0.749. The molecule has 0 spiro atoms. The molecule has 0 unspecified atom stereocenters. The molecule has 2 aromatic heterocycles. The number of H-pyrrole nitrogens is 1. The third-order valence-corrected chi connectivity index (χ3v) is 3.85. The van der Waals surface area contributed by atoms with Crippen LogP contribution in [0.5, 0.6) is 5.75 Å². The SMILES string of the molecule is COc1ccc2c(-c3ccccc3)nc(Nc3ccn[nH]3)cc2c1. The number of methoxy groups -OCH3 is 1. The highest BCUT2D eigenvalue weighted by Crippen LogP contribution is 2.32. The molecule has 5 heteroatoms. The Hall–Kier alpha value is -3.34. The summed E-state index contributed by atoms with van der Waals surface area (Å²) in [7, 11) is 1.67. The van der Waals surface area contributed by atoms with E-state index >= 15 is 0 Å². The molecule has 0 aliphatic heterocycles. The van der Waals surface area contributed by atoms with Crippen molar-refractivity contribution in [1.82, 2.24) is 15.2 Å². The van der Waals surface area contributed by atoms with Crippen LogP contribution in [0.25, 0.3) is 22.0 Å². The number of pyridine rings is 1. The molecule has 0 saturated carbocycles. The number of anilines is 2. The molecular weight excluding hydrogens is 300 g/mol. The van der Waals surface area contributed by atoms with Gasteiger partial charge in [0.05, 0.1) is 19.0 Å². The Morgan fingerprint density at radius 3 is 2.62 bits per heavy atom. The van der Waals surface area contributed by atoms with E-state index in [1.54, 1.807) is 13.3 Å². The van der Waals surface area contributed by atoms with E-state index in [4.69, 9.17) is 9.72 Å². The Morgan fingerprint density at radius 2 is 1.88 bits per heavy atom. The molecule has 0 fully saturated rings. The highest BCUT2D eigenvalue weighted by Gasteiger charge is 2.10. The number of nitrogens with one attached hydrogen (secondary N) is 2. The Kier molecular flexibility index (Phi) is 3.59. The van der Waals surface area contributed by atoms with Gasteiger partial charge in [-0.3, -0.25) is 5.10 Å². The molecule has 2 aromatic carbocycles. The summed E-state index contributed by atoms with van der Waals surface area (Å²) in [6.45, 7) is 0. The number of ether oxygens (including phenoxy) is 1. The summed E-state index contributed by atoms with van der Waals surface area (Å²) >= 11 is 0. The number of aromatic nitrogens is 3. The van der Waals surface area contributed by atoms with E-state index in [0.717, 1.165) is 39.4 Å². The minimum atomic E-state index is 0.749. The standard InChI is InChI=1S/C19H16N4O/c1-24-15-7-8-16-14(11-15)12-18(21-17-9-10-20-23-17)22-19(16)13-5-3-2-4-6-13/h2-12H,1H3,(H2,20,21,22,23). The summed E-state index contributed by atoms with van der Waals surface area (Å²) in [5, 5.41) is 12.2. The summed E-state index contributed by atoms with van der Waals surface area (Å²) in [6, 6.07) is 20.0. The third kappa shape index (κ3) is 2.67. The monoisotopic (exact) mass is 316 g/mol. The first kappa shape index (κ1) is 14.3. The van der Waals surface area contributed by atoms with Gasteiger partial charge in [0.25, 0.3) is 0 Å². The van der Waals surface area contributed by atoms with Gasteiger partial charge in [-0.05, 0) is 29.7 Å². The lowest BCUT2D eigenvalue weighted by Crippen LogP contribution is -1.97. The molecule has 0 bridgehead atoms. The van der Waals surface area contributed by atoms with Crippen LogP contribution in [-0.2, 0) is 0 Å². The van der Waals surface area contributed by atoms with Crippen molar-refractivity contribution in [2.24, 2.45) is 0 Å². The van der Waals surface area contributed by atoms with E-state index in [9.17, 15) is 0 Å². The van der Waals surface area contributed by atoms with Crippen LogP contribution in [0.2, 0.25) is 0 Å². The fourth-order valence-electron chi connectivity index (χ4n) is 2.71. The van der Waals surface area contributed by atoms with Crippen molar-refractivity contribution in [3.63, 3.8) is 0 Å². The average molecular weight is 316 g/mol. The number of rotatable bonds is 4. The molecule has 0 aliphatic rings. The fourth-order valence-corrected chi connectivity index (χ4v) is 2.71. The van der Waals surface area contributed by atoms with Crippen LogP contribution in [0.4, 0.5) is 11.6 Å². The summed E-state index contributed by atoms with van der Waals surface area (Å²) in [5.74, 6) is 2.36. The zero-order valence-corrected chi connectivity index (χ0v) is 13.2. The number of hydrogen-bond acceptors (Lipinski definition) is 4. The van der Waals surface area contributed by atoms with Crippen molar-refractivity contribution in [2.75, 3.05) is 12.4 Å². The van der Waals surface area contributed by atoms with Gasteiger partial charge in [-0.2, -0.15) is 5.10 Å². The maximum Gasteiger partial charge on any atom is 0.132 e. The van der Waals surface area contributed by atoms with E-state index in [1.165, 1.54) is 0 Å². The Labute approximate surface area is 139 Å². The second kappa shape index (κ2) is 6.04. The zero-order valence-electron chi connectivity index (χ0n) is 13.2. The minimum Gasteiger partial charge on any atom is -0.497 e. The van der Waals surface area contributed by atoms with Crippen molar-refractivity contribution in [3.05, 3.63) is 66.9 Å². The van der Waals surface area contributed by atoms with Gasteiger partial charge in [0, 0.05) is 17.0 Å². The van der Waals surface area contributed by atoms with Gasteiger partial charge in [-0.1, -0.05) is 30.3 Å². The highest BCUT2D eigenvalue weighted by molar-refractivity contribution is 5.97. The Balaban J connectivity index is 1.91. The molecule has 4 aromatic rings. The smallest absolute Gasteiger partial charge is 0.132 e. The fraction of sp³-hybridized carbons (Fsp3) is 0.0526. The molecule has 0 aliphatic carbocycles. The molecular formula is C19H16N4O. The van der Waals surface area contributed by atoms with E-state index in [1.807, 2.05) is 48.5 Å². The van der Waals surface area contributed by atoms with Crippen molar-refractivity contribution in [1.29, 1.82) is 0 Å². The molecule has 5 nitrogen and oxygen atoms in total. The van der Waals surface area contributed by atoms with Gasteiger partial charge in [0.15, 0.2) is 0 Å². The molecule has 2 heterocycles. The van der Waals surface area contributed by atoms with E-state index in [2.05, 4.69) is 27.6 Å². The van der Waals surface area contributed by atoms with E-state index < -0.39 is 0 Å². The predicted octanol–water partition coefficient (Wildman–Crippen LogP) is 4.38. The second-order valence-corrected chi connectivity index (χ2v) is 5.40. The number of hydrogen-bond donors (Lipinski definition) is 2. The van der Waals surface area contributed by atoms with Crippen molar-refractivity contribution in [2.45, 2.75) is 0 Å². The average Bonchev–Trinajstić information content (AvgIpc) is 3.14. The topological polar surface area (TPSA) is 62.8 Å². The van der Waals surface area contributed by atoms with Gasteiger partial charge >= 0.3 is 0 Å². The van der Waals surface area contributed by atoms with Crippen molar-refractivity contribution < 1.29 is 4.74 Å². The summed E-state index contributed by atoms with van der Waals surface area (Å²) in [6.07, 6.45) is 1.70. The molecule has 0 saturated heterocycles. The number of benzene rings is 2. The molecule has 4 rings (SSSR count). The largest absolute Gasteiger partial charge is 0.497 e. The van der Waals surface area contributed by atoms with Crippen molar-refractivity contribution >= 4 is 22.4 Å². The molecule has 0 atom stereocenters. The number of nitrogens with zero attached hydrogens (tertiary/aromatic N) is 2. The van der Waals surface area contributed by atoms with Gasteiger partial charge in [0.2, 0.25) is 0 Å². The summed E-state index contributed by atoms with van der Waals surface area (Å²) in [4.78, 5) is 4.80. The van der Waals surface area contributed by atoms with Gasteiger partial charge < -0.3 is 10.1 Å². The van der Waals surface area contributed by atoms with Gasteiger partial charge in [-0.25, -0.2) is 4.98 Å². The lowest BCUT2D eigenvalue weighted by molar-refractivity contribution is 0.415. The van der Waals surface area contributed by atoms with E-state index in [-0.39, 0.29) is 0 Å². The quantitative estimate of drug-likeness (QED) is 0.586. The summed E-state index contributed by atoms with van der Waals surface area (Å²) in [5.41, 5.74) is 2.00. The second-order valence-electron chi connectivity index (χ2n) is 5.40. The Morgan fingerprint density at radius 1 is 1.00 bits per heavy atom. The van der Waals surface area contributed by atoms with Gasteiger partial charge in [-0.15, -0.1) is 0 Å². The molecule has 0 amide bonds. The number of fused-ring (bicyclic) bond motifs is 1. The van der Waals surface area contributed by atoms with Crippen LogP contribution < -0.4 is 10.1 Å². The maximum absolute atomic E-state index is 5.36. The van der Waals surface area contributed by atoms with Crippen LogP contribution in [0.3, 0.4) is 0 Å². The highest BCUT2D eigenvalue weighted by atomic mass is 16.5. The first-order valence-electron chi connectivity index (χ1n) is 7.64. The Bertz CT molecular complexity index is 966. The lowest BCUT2D eigenvalue weighted by Gasteiger charge is -2.11. The van der Waals surface area contributed by atoms with Crippen LogP contribution >= 0.6 is 0 Å². The van der Waals surface area contributed by atoms with E-state index in [0.29, 0.717) is 0 Å². The maximum atomic E-state index is 5.36. The normalized spacial score (nSPS) is 10.7. The van der Waals surface area contributed by atoms with Crippen molar-refractivity contribution in [3.8, 4) is 17.0 Å². The first-order chi connectivity index (χ1) is 11.8. The van der Waals surface area contributed by atoms with Gasteiger partial charge in [0.1, 0.15) is 17.4 Å². The molecule has 2 N–H and O–H groups in total. The first-order valence-corrected chi connectivity index (χ1v) is 7.64. The molecule has 24 heavy (non-hydrogen) atoms. The molecule has 0 radical (unpaired) electrons. The van der Waals surface area contributed by atoms with Crippen LogP contribution in [-0.4, -0.2) is 22.3 Å². The van der Waals surface area contributed by atoms with Crippen LogP contribution in [0.15, 0.2) is 66.9 Å². The van der Waals surface area contributed by atoms with Crippen LogP contribution in [0, 0.1) is 0 Å². The molecule has 118 valence electrons. The third-order valence-electron chi connectivity index (χ3n) is 3.85. The zero-order chi connectivity index (χ0) is 16.4.